The number of ether oxygens (including phenoxy) is 1. The molecule has 2 N–H and O–H groups in total. The summed E-state index contributed by atoms with van der Waals surface area (Å²) in [6.07, 6.45) is 0.328. The van der Waals surface area contributed by atoms with Crippen molar-refractivity contribution in [2.75, 3.05) is 32.7 Å². The Kier molecular flexibility index (Phi) is 7.79. The Labute approximate surface area is 162 Å². The number of carbonyl (C=O) groups excluding carboxylic acids is 1. The van der Waals surface area contributed by atoms with E-state index < -0.39 is 10.0 Å². The van der Waals surface area contributed by atoms with E-state index in [9.17, 15) is 13.2 Å². The van der Waals surface area contributed by atoms with Crippen LogP contribution in [0.2, 0.25) is 0 Å². The van der Waals surface area contributed by atoms with Gasteiger partial charge in [0.15, 0.2) is 6.54 Å². The van der Waals surface area contributed by atoms with Gasteiger partial charge in [0.1, 0.15) is 25.3 Å². The Hall–Kier alpha value is -1.48. The molecule has 0 aromatic heterocycles. The fourth-order valence-corrected chi connectivity index (χ4v) is 4.97. The number of nitrogens with zero attached hydrogens (tertiary/aromatic N) is 1. The van der Waals surface area contributed by atoms with Crippen molar-refractivity contribution in [1.29, 1.82) is 0 Å². The highest BCUT2D eigenvalue weighted by atomic mass is 32.2. The molecule has 1 amide bonds. The quantitative estimate of drug-likeness (QED) is 0.647. The number of sulfonamides is 1. The first-order valence-corrected chi connectivity index (χ1v) is 11.0. The average Bonchev–Trinajstić information content (AvgIpc) is 2.60. The van der Waals surface area contributed by atoms with Crippen LogP contribution in [0.1, 0.15) is 33.3 Å². The first-order valence-electron chi connectivity index (χ1n) is 9.61. The molecular formula is C19H32N3O4S+. The van der Waals surface area contributed by atoms with Crippen molar-refractivity contribution >= 4 is 15.9 Å². The first kappa shape index (κ1) is 21.8. The maximum Gasteiger partial charge on any atom is 0.275 e. The normalized spacial score (nSPS) is 23.4. The van der Waals surface area contributed by atoms with Crippen LogP contribution in [0.5, 0.6) is 0 Å². The Morgan fingerprint density at radius 2 is 1.70 bits per heavy atom. The lowest BCUT2D eigenvalue weighted by atomic mass is 10.2. The van der Waals surface area contributed by atoms with Crippen molar-refractivity contribution in [2.45, 2.75) is 51.3 Å². The molecular weight excluding hydrogens is 366 g/mol. The Balaban J connectivity index is 1.88. The number of quaternary nitrogens is 1. The summed E-state index contributed by atoms with van der Waals surface area (Å²) in [7, 11) is -3.45. The predicted molar refractivity (Wildman–Crippen MR) is 104 cm³/mol. The van der Waals surface area contributed by atoms with Crippen LogP contribution in [0.3, 0.4) is 0 Å². The first-order chi connectivity index (χ1) is 12.8. The second kappa shape index (κ2) is 9.64. The monoisotopic (exact) mass is 398 g/mol. The largest absolute Gasteiger partial charge is 0.364 e. The molecule has 0 bridgehead atoms. The van der Waals surface area contributed by atoms with E-state index in [2.05, 4.69) is 5.32 Å². The van der Waals surface area contributed by atoms with Gasteiger partial charge in [-0.2, -0.15) is 4.31 Å². The van der Waals surface area contributed by atoms with Crippen LogP contribution in [0.15, 0.2) is 29.2 Å². The van der Waals surface area contributed by atoms with Gasteiger partial charge >= 0.3 is 0 Å². The summed E-state index contributed by atoms with van der Waals surface area (Å²) >= 11 is 0. The molecule has 2 rings (SSSR count). The predicted octanol–water partition coefficient (Wildman–Crippen LogP) is 0.0254. The van der Waals surface area contributed by atoms with Crippen molar-refractivity contribution < 1.29 is 22.8 Å². The van der Waals surface area contributed by atoms with E-state index in [1.54, 1.807) is 24.3 Å². The van der Waals surface area contributed by atoms with Crippen LogP contribution in [0.4, 0.5) is 0 Å². The Bertz CT molecular complexity index is 707. The van der Waals surface area contributed by atoms with Gasteiger partial charge < -0.3 is 15.0 Å². The van der Waals surface area contributed by atoms with Crippen LogP contribution < -0.4 is 10.2 Å². The highest BCUT2D eigenvalue weighted by Crippen LogP contribution is 2.16. The van der Waals surface area contributed by atoms with Crippen LogP contribution in [0.25, 0.3) is 0 Å². The van der Waals surface area contributed by atoms with Crippen LogP contribution >= 0.6 is 0 Å². The highest BCUT2D eigenvalue weighted by molar-refractivity contribution is 7.89. The molecule has 27 heavy (non-hydrogen) atoms. The minimum Gasteiger partial charge on any atom is -0.364 e. The number of morpholine rings is 1. The lowest BCUT2D eigenvalue weighted by Crippen LogP contribution is -3.16. The number of amides is 1. The summed E-state index contributed by atoms with van der Waals surface area (Å²) in [4.78, 5) is 13.7. The van der Waals surface area contributed by atoms with Gasteiger partial charge in [-0.05, 0) is 31.5 Å². The third-order valence-corrected chi connectivity index (χ3v) is 6.85. The number of nitrogens with one attached hydrogen (secondary N) is 2. The second-order valence-corrected chi connectivity index (χ2v) is 9.04. The molecule has 1 aromatic carbocycles. The molecule has 0 aliphatic carbocycles. The third-order valence-electron chi connectivity index (χ3n) is 4.78. The summed E-state index contributed by atoms with van der Waals surface area (Å²) in [5, 5.41) is 2.92. The summed E-state index contributed by atoms with van der Waals surface area (Å²) in [5.41, 5.74) is 0.876. The molecule has 2 atom stereocenters. The van der Waals surface area contributed by atoms with Gasteiger partial charge in [0.05, 0.1) is 4.90 Å². The number of carbonyl (C=O) groups is 1. The van der Waals surface area contributed by atoms with Gasteiger partial charge in [-0.1, -0.05) is 26.0 Å². The lowest BCUT2D eigenvalue weighted by molar-refractivity contribution is -0.907. The molecule has 0 saturated carbocycles. The minimum atomic E-state index is -3.45. The minimum absolute atomic E-state index is 0.00820. The van der Waals surface area contributed by atoms with E-state index in [0.717, 1.165) is 18.7 Å². The number of hydrogen-bond acceptors (Lipinski definition) is 4. The van der Waals surface area contributed by atoms with Gasteiger partial charge in [0, 0.05) is 19.6 Å². The van der Waals surface area contributed by atoms with E-state index >= 15 is 0 Å². The summed E-state index contributed by atoms with van der Waals surface area (Å²) in [5.74, 6) is -0.00820. The standard InChI is InChI=1S/C19H31N3O4S/c1-5-22(6-2)27(24,25)18-9-7-17(8-10-18)11-20-19(23)14-21-12-15(3)26-16(4)13-21/h7-10,15-16H,5-6,11-14H2,1-4H3,(H,20,23)/p+1/t15-,16-/m0/s1. The highest BCUT2D eigenvalue weighted by Gasteiger charge is 2.27. The molecule has 1 aliphatic rings. The van der Waals surface area contributed by atoms with Crippen molar-refractivity contribution in [3.05, 3.63) is 29.8 Å². The lowest BCUT2D eigenvalue weighted by Gasteiger charge is -2.31. The summed E-state index contributed by atoms with van der Waals surface area (Å²) < 4.78 is 32.1. The third kappa shape index (κ3) is 6.00. The van der Waals surface area contributed by atoms with Gasteiger partial charge in [-0.25, -0.2) is 8.42 Å². The van der Waals surface area contributed by atoms with Crippen LogP contribution in [-0.2, 0) is 26.1 Å². The van der Waals surface area contributed by atoms with E-state index in [1.807, 2.05) is 27.7 Å². The number of hydrogen-bond donors (Lipinski definition) is 2. The Morgan fingerprint density at radius 3 is 2.22 bits per heavy atom. The van der Waals surface area contributed by atoms with Crippen LogP contribution in [-0.4, -0.2) is 63.6 Å². The molecule has 1 aromatic rings. The topological polar surface area (TPSA) is 80.2 Å². The van der Waals surface area contributed by atoms with Gasteiger partial charge in [0.2, 0.25) is 10.0 Å². The fourth-order valence-electron chi connectivity index (χ4n) is 3.52. The average molecular weight is 399 g/mol. The smallest absolute Gasteiger partial charge is 0.275 e. The SMILES string of the molecule is CCN(CC)S(=O)(=O)c1ccc(CNC(=O)C[NH+]2C[C@H](C)O[C@@H](C)C2)cc1. The second-order valence-electron chi connectivity index (χ2n) is 7.10. The van der Waals surface area contributed by atoms with E-state index in [0.29, 0.717) is 26.2 Å². The van der Waals surface area contributed by atoms with Crippen molar-refractivity contribution in [1.82, 2.24) is 9.62 Å². The zero-order chi connectivity index (χ0) is 20.0. The van der Waals surface area contributed by atoms with Gasteiger partial charge in [-0.3, -0.25) is 4.79 Å². The molecule has 1 aliphatic heterocycles. The molecule has 1 heterocycles. The number of benzene rings is 1. The molecule has 1 saturated heterocycles. The van der Waals surface area contributed by atoms with Crippen molar-refractivity contribution in [3.8, 4) is 0 Å². The molecule has 1 fully saturated rings. The van der Waals surface area contributed by atoms with Gasteiger partial charge in [-0.15, -0.1) is 0 Å². The zero-order valence-electron chi connectivity index (χ0n) is 16.7. The molecule has 8 heteroatoms. The Morgan fingerprint density at radius 1 is 1.15 bits per heavy atom. The summed E-state index contributed by atoms with van der Waals surface area (Å²) in [6.45, 7) is 11.1. The molecule has 7 nitrogen and oxygen atoms in total. The van der Waals surface area contributed by atoms with E-state index in [4.69, 9.17) is 4.74 Å². The van der Waals surface area contributed by atoms with E-state index in [-0.39, 0.29) is 23.0 Å². The van der Waals surface area contributed by atoms with Crippen molar-refractivity contribution in [3.63, 3.8) is 0 Å². The molecule has 152 valence electrons. The molecule has 0 radical (unpaired) electrons. The van der Waals surface area contributed by atoms with E-state index in [1.165, 1.54) is 9.21 Å². The molecule has 0 spiro atoms. The van der Waals surface area contributed by atoms with Crippen LogP contribution in [0, 0.1) is 0 Å². The fraction of sp³-hybridized carbons (Fsp3) is 0.632. The molecule has 0 unspecified atom stereocenters. The number of rotatable bonds is 8. The maximum absolute atomic E-state index is 12.5. The van der Waals surface area contributed by atoms with Gasteiger partial charge in [0.25, 0.3) is 5.91 Å². The van der Waals surface area contributed by atoms with Crippen molar-refractivity contribution in [2.24, 2.45) is 0 Å². The summed E-state index contributed by atoms with van der Waals surface area (Å²) in [6, 6.07) is 6.71. The zero-order valence-corrected chi connectivity index (χ0v) is 17.5. The maximum atomic E-state index is 12.5.